The van der Waals surface area contributed by atoms with Crippen molar-refractivity contribution in [1.82, 2.24) is 9.13 Å². The van der Waals surface area contributed by atoms with Gasteiger partial charge in [-0.25, -0.2) is 9.36 Å². The minimum atomic E-state index is -4.61. The monoisotopic (exact) mass is 492 g/mol. The highest BCUT2D eigenvalue weighted by molar-refractivity contribution is 7.18. The van der Waals surface area contributed by atoms with E-state index in [1.807, 2.05) is 0 Å². The van der Waals surface area contributed by atoms with Crippen LogP contribution in [-0.2, 0) is 12.7 Å². The number of carbonyl (C=O) groups excluding carboxylic acids is 1. The number of fused-ring (bicyclic) bond motifs is 1. The molecule has 33 heavy (non-hydrogen) atoms. The summed E-state index contributed by atoms with van der Waals surface area (Å²) in [5, 5.41) is 0.581. The van der Waals surface area contributed by atoms with E-state index in [1.54, 1.807) is 26.0 Å². The lowest BCUT2D eigenvalue weighted by molar-refractivity contribution is -0.137. The highest BCUT2D eigenvalue weighted by Crippen LogP contribution is 2.30. The Morgan fingerprint density at radius 1 is 1.06 bits per heavy atom. The predicted molar refractivity (Wildman–Crippen MR) is 122 cm³/mol. The van der Waals surface area contributed by atoms with Crippen molar-refractivity contribution in [2.24, 2.45) is 0 Å². The molecule has 0 saturated heterocycles. The molecule has 2 aromatic carbocycles. The molecule has 0 aliphatic heterocycles. The Hall–Kier alpha value is -3.17. The third-order valence-electron chi connectivity index (χ3n) is 5.33. The standard InChI is InChI=1S/C23H16ClF3N2O3S/c1-12-13(2)33-21-19(12)20(31)29(17-8-4-7-16(24)10-17)22(32)28(21)11-18(30)14-5-3-6-15(9-14)23(25,26)27/h3-10H,11H2,1-2H3. The summed E-state index contributed by atoms with van der Waals surface area (Å²) in [6.07, 6.45) is -4.61. The Labute approximate surface area is 194 Å². The maximum absolute atomic E-state index is 13.4. The summed E-state index contributed by atoms with van der Waals surface area (Å²) >= 11 is 7.22. The second-order valence-electron chi connectivity index (χ2n) is 7.45. The Morgan fingerprint density at radius 2 is 1.76 bits per heavy atom. The van der Waals surface area contributed by atoms with Crippen LogP contribution in [0, 0.1) is 13.8 Å². The van der Waals surface area contributed by atoms with E-state index < -0.39 is 35.3 Å². The zero-order valence-corrected chi connectivity index (χ0v) is 18.9. The van der Waals surface area contributed by atoms with Crippen molar-refractivity contribution in [2.45, 2.75) is 26.6 Å². The van der Waals surface area contributed by atoms with Crippen molar-refractivity contribution >= 4 is 38.9 Å². The average Bonchev–Trinajstić information content (AvgIpc) is 3.05. The molecule has 0 aliphatic carbocycles. The van der Waals surface area contributed by atoms with Gasteiger partial charge in [-0.15, -0.1) is 11.3 Å². The Balaban J connectivity index is 1.93. The molecule has 0 fully saturated rings. The number of alkyl halides is 3. The molecule has 4 rings (SSSR count). The van der Waals surface area contributed by atoms with E-state index in [-0.39, 0.29) is 16.6 Å². The number of rotatable bonds is 4. The molecule has 0 atom stereocenters. The first-order valence-electron chi connectivity index (χ1n) is 9.71. The fourth-order valence-corrected chi connectivity index (χ4v) is 4.87. The fourth-order valence-electron chi connectivity index (χ4n) is 3.54. The summed E-state index contributed by atoms with van der Waals surface area (Å²) in [6, 6.07) is 10.2. The van der Waals surface area contributed by atoms with E-state index in [4.69, 9.17) is 11.6 Å². The maximum Gasteiger partial charge on any atom is 0.416 e. The topological polar surface area (TPSA) is 61.1 Å². The van der Waals surface area contributed by atoms with Gasteiger partial charge in [0.1, 0.15) is 4.83 Å². The quantitative estimate of drug-likeness (QED) is 0.359. The van der Waals surface area contributed by atoms with Crippen LogP contribution in [0.25, 0.3) is 15.9 Å². The summed E-state index contributed by atoms with van der Waals surface area (Å²) in [5.41, 5.74) is -1.59. The molecular weight excluding hydrogens is 477 g/mol. The summed E-state index contributed by atoms with van der Waals surface area (Å²) < 4.78 is 41.3. The van der Waals surface area contributed by atoms with Gasteiger partial charge in [0, 0.05) is 15.5 Å². The molecule has 0 saturated carbocycles. The molecule has 2 heterocycles. The number of carbonyl (C=O) groups is 1. The van der Waals surface area contributed by atoms with Gasteiger partial charge in [-0.2, -0.15) is 13.2 Å². The van der Waals surface area contributed by atoms with Gasteiger partial charge in [0.15, 0.2) is 5.78 Å². The summed E-state index contributed by atoms with van der Waals surface area (Å²) in [6.45, 7) is 2.99. The first kappa shape index (κ1) is 23.0. The zero-order valence-electron chi connectivity index (χ0n) is 17.4. The number of ketones is 1. The molecule has 5 nitrogen and oxygen atoms in total. The van der Waals surface area contributed by atoms with Gasteiger partial charge in [0.05, 0.1) is 23.2 Å². The average molecular weight is 493 g/mol. The predicted octanol–water partition coefficient (Wildman–Crippen LogP) is 5.39. The second-order valence-corrected chi connectivity index (χ2v) is 9.09. The zero-order chi connectivity index (χ0) is 24.1. The number of aromatic nitrogens is 2. The minimum absolute atomic E-state index is 0.185. The van der Waals surface area contributed by atoms with Crippen molar-refractivity contribution < 1.29 is 18.0 Å². The molecule has 4 aromatic rings. The SMILES string of the molecule is Cc1sc2c(c1C)c(=O)n(-c1cccc(Cl)c1)c(=O)n2CC(=O)c1cccc(C(F)(F)F)c1. The van der Waals surface area contributed by atoms with E-state index >= 15 is 0 Å². The molecule has 0 aliphatic rings. The van der Waals surface area contributed by atoms with Crippen LogP contribution >= 0.6 is 22.9 Å². The van der Waals surface area contributed by atoms with Crippen LogP contribution in [0.4, 0.5) is 13.2 Å². The molecule has 0 radical (unpaired) electrons. The highest BCUT2D eigenvalue weighted by atomic mass is 35.5. The normalized spacial score (nSPS) is 11.8. The number of Topliss-reactive ketones (excluding diaryl/α,β-unsaturated/α-hetero) is 1. The molecule has 0 amide bonds. The summed E-state index contributed by atoms with van der Waals surface area (Å²) in [4.78, 5) is 40.7. The van der Waals surface area contributed by atoms with Gasteiger partial charge in [-0.1, -0.05) is 29.8 Å². The number of aryl methyl sites for hydroxylation is 2. The van der Waals surface area contributed by atoms with Crippen molar-refractivity contribution in [2.75, 3.05) is 0 Å². The minimum Gasteiger partial charge on any atom is -0.292 e. The van der Waals surface area contributed by atoms with Gasteiger partial charge in [-0.05, 0) is 49.7 Å². The van der Waals surface area contributed by atoms with Crippen LogP contribution in [-0.4, -0.2) is 14.9 Å². The fraction of sp³-hybridized carbons (Fsp3) is 0.174. The lowest BCUT2D eigenvalue weighted by Crippen LogP contribution is -2.39. The third kappa shape index (κ3) is 4.14. The van der Waals surface area contributed by atoms with Gasteiger partial charge < -0.3 is 0 Å². The van der Waals surface area contributed by atoms with Crippen molar-refractivity contribution in [1.29, 1.82) is 0 Å². The summed E-state index contributed by atoms with van der Waals surface area (Å²) in [7, 11) is 0. The largest absolute Gasteiger partial charge is 0.416 e. The molecule has 0 bridgehead atoms. The third-order valence-corrected chi connectivity index (χ3v) is 6.80. The van der Waals surface area contributed by atoms with E-state index in [0.717, 1.165) is 32.2 Å². The molecular formula is C23H16ClF3N2O3S. The lowest BCUT2D eigenvalue weighted by Gasteiger charge is -2.13. The Bertz CT molecular complexity index is 1530. The smallest absolute Gasteiger partial charge is 0.292 e. The van der Waals surface area contributed by atoms with Crippen molar-refractivity contribution in [3.8, 4) is 5.69 Å². The van der Waals surface area contributed by atoms with Crippen LogP contribution in [0.3, 0.4) is 0 Å². The van der Waals surface area contributed by atoms with E-state index in [9.17, 15) is 27.6 Å². The van der Waals surface area contributed by atoms with Crippen LogP contribution in [0.2, 0.25) is 5.02 Å². The molecule has 0 N–H and O–H groups in total. The molecule has 0 spiro atoms. The van der Waals surface area contributed by atoms with Gasteiger partial charge in [0.25, 0.3) is 5.56 Å². The lowest BCUT2D eigenvalue weighted by atomic mass is 10.1. The van der Waals surface area contributed by atoms with Gasteiger partial charge >= 0.3 is 11.9 Å². The number of thiophene rings is 1. The van der Waals surface area contributed by atoms with Gasteiger partial charge in [0.2, 0.25) is 0 Å². The number of hydrogen-bond acceptors (Lipinski definition) is 4. The Morgan fingerprint density at radius 3 is 2.42 bits per heavy atom. The first-order valence-corrected chi connectivity index (χ1v) is 10.9. The molecule has 2 aromatic heterocycles. The molecule has 10 heteroatoms. The number of halogens is 4. The van der Waals surface area contributed by atoms with E-state index in [1.165, 1.54) is 29.5 Å². The van der Waals surface area contributed by atoms with Crippen LogP contribution in [0.5, 0.6) is 0 Å². The Kier molecular flexibility index (Phi) is 5.79. The van der Waals surface area contributed by atoms with Crippen LogP contribution < -0.4 is 11.2 Å². The maximum atomic E-state index is 13.4. The molecule has 170 valence electrons. The van der Waals surface area contributed by atoms with Crippen LogP contribution in [0.15, 0.2) is 58.1 Å². The van der Waals surface area contributed by atoms with Crippen LogP contribution in [0.1, 0.15) is 26.4 Å². The first-order chi connectivity index (χ1) is 15.5. The summed E-state index contributed by atoms with van der Waals surface area (Å²) in [5.74, 6) is -0.690. The number of nitrogens with zero attached hydrogens (tertiary/aromatic N) is 2. The number of hydrogen-bond donors (Lipinski definition) is 0. The van der Waals surface area contributed by atoms with Crippen molar-refractivity contribution in [3.05, 3.63) is 96.0 Å². The van der Waals surface area contributed by atoms with Crippen molar-refractivity contribution in [3.63, 3.8) is 0 Å². The molecule has 0 unspecified atom stereocenters. The highest BCUT2D eigenvalue weighted by Gasteiger charge is 2.31. The van der Waals surface area contributed by atoms with E-state index in [0.29, 0.717) is 15.4 Å². The second kappa shape index (κ2) is 8.31. The van der Waals surface area contributed by atoms with Gasteiger partial charge in [-0.3, -0.25) is 14.2 Å². The van der Waals surface area contributed by atoms with E-state index in [2.05, 4.69) is 0 Å². The number of benzene rings is 2.